The highest BCUT2D eigenvalue weighted by molar-refractivity contribution is 8.23. The van der Waals surface area contributed by atoms with Crippen molar-refractivity contribution >= 4 is 58.7 Å². The van der Waals surface area contributed by atoms with E-state index >= 15 is 0 Å². The molecule has 0 bridgehead atoms. The van der Waals surface area contributed by atoms with Gasteiger partial charge in [-0.15, -0.1) is 4.73 Å². The van der Waals surface area contributed by atoms with Gasteiger partial charge in [-0.2, -0.15) is 12.6 Å². The van der Waals surface area contributed by atoms with Gasteiger partial charge in [0, 0.05) is 45.0 Å². The number of nitrogens with zero attached hydrogens (tertiary/aromatic N) is 3. The Kier molecular flexibility index (Phi) is 13.2. The molecule has 0 spiro atoms. The van der Waals surface area contributed by atoms with Crippen LogP contribution in [0.5, 0.6) is 0 Å². The quantitative estimate of drug-likeness (QED) is 0.0656. The molecule has 2 aromatic rings. The van der Waals surface area contributed by atoms with Gasteiger partial charge < -0.3 is 30.5 Å². The van der Waals surface area contributed by atoms with Gasteiger partial charge in [0.15, 0.2) is 0 Å². The number of H-pyrrole nitrogens is 1. The van der Waals surface area contributed by atoms with Gasteiger partial charge in [-0.3, -0.25) is 34.2 Å². The summed E-state index contributed by atoms with van der Waals surface area (Å²) < 4.78 is 1.36. The van der Waals surface area contributed by atoms with E-state index in [9.17, 15) is 29.1 Å². The van der Waals surface area contributed by atoms with E-state index in [1.54, 1.807) is 0 Å². The zero-order valence-electron chi connectivity index (χ0n) is 25.5. The first kappa shape index (κ1) is 35.6. The molecule has 250 valence electrons. The number of aliphatic hydroxyl groups excluding tert-OH is 1. The number of thiocarbonyl (C=S) groups is 1. The number of rotatable bonds is 15. The van der Waals surface area contributed by atoms with E-state index in [0.717, 1.165) is 24.0 Å². The molecular formula is C29H39N7O7S3. The number of nitrogens with one attached hydrogen (secondary N) is 4. The van der Waals surface area contributed by atoms with E-state index in [2.05, 4.69) is 33.6 Å². The summed E-state index contributed by atoms with van der Waals surface area (Å²) in [6.07, 6.45) is 1.76. The molecule has 2 atom stereocenters. The second kappa shape index (κ2) is 17.1. The monoisotopic (exact) mass is 693 g/mol. The molecule has 2 fully saturated rings. The van der Waals surface area contributed by atoms with Crippen molar-refractivity contribution < 1.29 is 24.3 Å². The van der Waals surface area contributed by atoms with Gasteiger partial charge in [0.05, 0.1) is 10.9 Å². The lowest BCUT2D eigenvalue weighted by molar-refractivity contribution is 0.0710. The molecule has 3 amide bonds. The summed E-state index contributed by atoms with van der Waals surface area (Å²) in [6.45, 7) is 4.43. The fourth-order valence-electron chi connectivity index (χ4n) is 4.86. The van der Waals surface area contributed by atoms with Gasteiger partial charge in [-0.05, 0) is 43.5 Å². The lowest BCUT2D eigenvalue weighted by Crippen LogP contribution is -2.43. The molecule has 46 heavy (non-hydrogen) atoms. The fourth-order valence-corrected chi connectivity index (χ4v) is 6.46. The number of amides is 3. The number of hydrogen-bond donors (Lipinski definition) is 6. The van der Waals surface area contributed by atoms with Gasteiger partial charge in [-0.1, -0.05) is 37.3 Å². The Morgan fingerprint density at radius 3 is 2.59 bits per heavy atom. The summed E-state index contributed by atoms with van der Waals surface area (Å²) in [6, 6.07) is 5.60. The Morgan fingerprint density at radius 1 is 1.13 bits per heavy atom. The minimum Gasteiger partial charge on any atom is -0.410 e. The maximum atomic E-state index is 13.2. The average Bonchev–Trinajstić information content (AvgIpc) is 3.67. The molecule has 5 N–H and O–H groups in total. The third-order valence-electron chi connectivity index (χ3n) is 7.40. The van der Waals surface area contributed by atoms with Crippen LogP contribution in [0.4, 0.5) is 0 Å². The van der Waals surface area contributed by atoms with E-state index in [-0.39, 0.29) is 46.9 Å². The molecule has 2 saturated heterocycles. The molecule has 0 unspecified atom stereocenters. The van der Waals surface area contributed by atoms with E-state index in [1.165, 1.54) is 45.8 Å². The fraction of sp³-hybridized carbons (Fsp3) is 0.517. The summed E-state index contributed by atoms with van der Waals surface area (Å²) in [5, 5.41) is 18.8. The number of unbranched alkanes of at least 4 members (excludes halogenated alkanes) is 1. The van der Waals surface area contributed by atoms with Gasteiger partial charge >= 0.3 is 0 Å². The van der Waals surface area contributed by atoms with Gasteiger partial charge in [0.2, 0.25) is 0 Å². The second-order valence-electron chi connectivity index (χ2n) is 10.6. The number of likely N-dealkylation sites (tertiary alicyclic amines) is 1. The van der Waals surface area contributed by atoms with Crippen molar-refractivity contribution in [3.05, 3.63) is 67.5 Å². The smallest absolute Gasteiger partial charge is 0.296 e. The predicted molar refractivity (Wildman–Crippen MR) is 181 cm³/mol. The lowest BCUT2D eigenvalue weighted by atomic mass is 10.2. The van der Waals surface area contributed by atoms with Crippen LogP contribution in [0.1, 0.15) is 75.7 Å². The SMILES string of the molecule is CCCCOn1c(C(=O)NCCNCCN[C@H](O)c2ccc(C(=O)N3CCSC3=S)[nH]c2=O)ccc(C(=O)N2CCC[C@H]2S)c1=O. The molecule has 0 aliphatic carbocycles. The molecule has 4 heterocycles. The zero-order chi connectivity index (χ0) is 33.2. The first-order chi connectivity index (χ1) is 22.1. The second-order valence-corrected chi connectivity index (χ2v) is 13.0. The van der Waals surface area contributed by atoms with Crippen molar-refractivity contribution in [2.45, 2.75) is 44.2 Å². The van der Waals surface area contributed by atoms with Crippen LogP contribution in [0, 0.1) is 0 Å². The average molecular weight is 694 g/mol. The molecular weight excluding hydrogens is 655 g/mol. The minimum atomic E-state index is -1.26. The van der Waals surface area contributed by atoms with Crippen LogP contribution in [-0.4, -0.2) is 104 Å². The molecule has 0 saturated carbocycles. The van der Waals surface area contributed by atoms with Crippen molar-refractivity contribution in [2.24, 2.45) is 0 Å². The maximum absolute atomic E-state index is 13.2. The third kappa shape index (κ3) is 8.77. The zero-order valence-corrected chi connectivity index (χ0v) is 28.0. The summed E-state index contributed by atoms with van der Waals surface area (Å²) in [5.74, 6) is -0.660. The number of pyridine rings is 2. The highest BCUT2D eigenvalue weighted by Gasteiger charge is 2.30. The number of aromatic amines is 1. The molecule has 4 rings (SSSR count). The first-order valence-corrected chi connectivity index (χ1v) is 17.1. The van der Waals surface area contributed by atoms with E-state index in [4.69, 9.17) is 17.1 Å². The lowest BCUT2D eigenvalue weighted by Gasteiger charge is -2.21. The highest BCUT2D eigenvalue weighted by Crippen LogP contribution is 2.22. The minimum absolute atomic E-state index is 0.0220. The predicted octanol–water partition coefficient (Wildman–Crippen LogP) is 0.331. The van der Waals surface area contributed by atoms with Crippen LogP contribution >= 0.6 is 36.6 Å². The van der Waals surface area contributed by atoms with Crippen molar-refractivity contribution in [3.63, 3.8) is 0 Å². The van der Waals surface area contributed by atoms with Crippen LogP contribution in [0.3, 0.4) is 0 Å². The number of thiol groups is 1. The van der Waals surface area contributed by atoms with Gasteiger partial charge in [0.1, 0.15) is 34.1 Å². The van der Waals surface area contributed by atoms with Crippen LogP contribution in [0.25, 0.3) is 0 Å². The summed E-state index contributed by atoms with van der Waals surface area (Å²) in [5.41, 5.74) is -1.23. The number of thioether (sulfide) groups is 1. The molecule has 0 aromatic carbocycles. The van der Waals surface area contributed by atoms with E-state index in [0.29, 0.717) is 49.2 Å². The summed E-state index contributed by atoms with van der Waals surface area (Å²) >= 11 is 11.0. The Bertz CT molecular complexity index is 1550. The molecule has 2 aliphatic heterocycles. The van der Waals surface area contributed by atoms with Crippen LogP contribution in [0.15, 0.2) is 33.9 Å². The molecule has 14 nitrogen and oxygen atoms in total. The van der Waals surface area contributed by atoms with Crippen molar-refractivity contribution in [1.82, 2.24) is 35.5 Å². The molecule has 2 aromatic heterocycles. The number of aromatic nitrogens is 2. The Hall–Kier alpha value is -3.22. The third-order valence-corrected chi connectivity index (χ3v) is 9.37. The number of carbonyl (C=O) groups excluding carboxylic acids is 3. The largest absolute Gasteiger partial charge is 0.410 e. The molecule has 17 heteroatoms. The number of hydrogen-bond acceptors (Lipinski definition) is 12. The standard InChI is InChI=1S/C29H39N7O7S3/c1-2-3-16-43-36-21(9-7-19(27(36)41)26(40)34-14-4-5-22(34)44)25(39)32-13-11-30-10-12-31-23(37)18-6-8-20(33-24(18)38)28(42)35-15-17-46-29(35)45/h6-9,22-23,30-31,37,44H,2-5,10-17H2,1H3,(H,32,39)(H,33,38)/t22-,23-/m1/s1. The normalized spacial score (nSPS) is 16.9. The Labute approximate surface area is 281 Å². The van der Waals surface area contributed by atoms with E-state index in [1.807, 2.05) is 6.92 Å². The van der Waals surface area contributed by atoms with E-state index < -0.39 is 29.2 Å². The summed E-state index contributed by atoms with van der Waals surface area (Å²) in [4.78, 5) is 75.4. The number of carbonyl (C=O) groups is 3. The van der Waals surface area contributed by atoms with Crippen molar-refractivity contribution in [2.75, 3.05) is 51.6 Å². The maximum Gasteiger partial charge on any atom is 0.296 e. The van der Waals surface area contributed by atoms with Crippen LogP contribution < -0.4 is 31.9 Å². The van der Waals surface area contributed by atoms with Crippen molar-refractivity contribution in [1.29, 1.82) is 0 Å². The summed E-state index contributed by atoms with van der Waals surface area (Å²) in [7, 11) is 0. The Balaban J connectivity index is 1.24. The van der Waals surface area contributed by atoms with Gasteiger partial charge in [0.25, 0.3) is 28.8 Å². The molecule has 2 aliphatic rings. The van der Waals surface area contributed by atoms with Gasteiger partial charge in [-0.25, -0.2) is 0 Å². The topological polar surface area (TPSA) is 178 Å². The van der Waals surface area contributed by atoms with Crippen LogP contribution in [0.2, 0.25) is 0 Å². The van der Waals surface area contributed by atoms with Crippen molar-refractivity contribution in [3.8, 4) is 0 Å². The first-order valence-electron chi connectivity index (χ1n) is 15.1. The van der Waals surface area contributed by atoms with Crippen LogP contribution in [-0.2, 0) is 0 Å². The molecule has 0 radical (unpaired) electrons. The Morgan fingerprint density at radius 2 is 1.91 bits per heavy atom. The highest BCUT2D eigenvalue weighted by atomic mass is 32.2. The number of aliphatic hydroxyl groups is 1.